The fourth-order valence-corrected chi connectivity index (χ4v) is 2.27. The van der Waals surface area contributed by atoms with Crippen LogP contribution in [0.15, 0.2) is 0 Å². The summed E-state index contributed by atoms with van der Waals surface area (Å²) in [5.74, 6) is -6.09. The lowest BCUT2D eigenvalue weighted by atomic mass is 9.92. The van der Waals surface area contributed by atoms with Gasteiger partial charge in [-0.3, -0.25) is 0 Å². The number of unbranched alkanes of at least 4 members (excludes halogenated alkanes) is 1. The quantitative estimate of drug-likeness (QED) is 0.553. The van der Waals surface area contributed by atoms with Crippen molar-refractivity contribution < 1.29 is 43.7 Å². The Bertz CT molecular complexity index is 443. The van der Waals surface area contributed by atoms with Crippen LogP contribution in [0.25, 0.3) is 0 Å². The van der Waals surface area contributed by atoms with Crippen LogP contribution >= 0.6 is 0 Å². The highest BCUT2D eigenvalue weighted by molar-refractivity contribution is 7.87. The number of halogens is 7. The highest BCUT2D eigenvalue weighted by atomic mass is 32.2. The van der Waals surface area contributed by atoms with Crippen LogP contribution in [0, 0.1) is 0 Å². The lowest BCUT2D eigenvalue weighted by Gasteiger charge is -2.41. The Morgan fingerprint density at radius 1 is 1.00 bits per heavy atom. The molecule has 0 fully saturated rings. The van der Waals surface area contributed by atoms with Gasteiger partial charge in [-0.2, -0.15) is 22.0 Å². The third kappa shape index (κ3) is 2.87. The normalized spacial score (nSPS) is 20.3. The minimum atomic E-state index is -6.54. The summed E-state index contributed by atoms with van der Waals surface area (Å²) in [7, 11) is -6.54. The van der Waals surface area contributed by atoms with Crippen molar-refractivity contribution in [3.8, 4) is 0 Å². The van der Waals surface area contributed by atoms with E-state index < -0.39 is 52.7 Å². The molecule has 0 saturated heterocycles. The van der Waals surface area contributed by atoms with Crippen molar-refractivity contribution in [3.05, 3.63) is 0 Å². The molecule has 0 heterocycles. The molecule has 0 aliphatic heterocycles. The van der Waals surface area contributed by atoms with Crippen LogP contribution in [0.4, 0.5) is 30.7 Å². The zero-order valence-electron chi connectivity index (χ0n) is 10.4. The van der Waals surface area contributed by atoms with Gasteiger partial charge >= 0.3 is 12.1 Å². The summed E-state index contributed by atoms with van der Waals surface area (Å²) < 4.78 is 123. The first-order valence-electron chi connectivity index (χ1n) is 5.34. The molecule has 20 heavy (non-hydrogen) atoms. The van der Waals surface area contributed by atoms with E-state index in [-0.39, 0.29) is 6.42 Å². The van der Waals surface area contributed by atoms with Gasteiger partial charge in [-0.05, 0) is 13.3 Å². The van der Waals surface area contributed by atoms with Crippen LogP contribution in [-0.4, -0.2) is 35.7 Å². The number of hydrogen-bond donors (Lipinski definition) is 0. The molecule has 0 saturated carbocycles. The molecule has 0 aromatic carbocycles. The smallest absolute Gasteiger partial charge is 0.428 e. The standard InChI is InChI=1S/C9H13F7O3S/c1-3-4-5-7(11,20(17,18)19)8(12,13)6(2,10)9(14,15)16/h3-5H2,1-2H3,(H,17,18,19)/p-1. The molecule has 0 N–H and O–H groups in total. The van der Waals surface area contributed by atoms with Crippen molar-refractivity contribution in [3.63, 3.8) is 0 Å². The van der Waals surface area contributed by atoms with Gasteiger partial charge in [0.15, 0.2) is 0 Å². The SMILES string of the molecule is CCCCC(F)(C(F)(F)C(C)(F)C(F)(F)F)S(=O)(=O)[O-]. The van der Waals surface area contributed by atoms with Crippen molar-refractivity contribution in [1.29, 1.82) is 0 Å². The molecule has 0 bridgehead atoms. The Hall–Kier alpha value is -0.580. The first kappa shape index (κ1) is 19.4. The fraction of sp³-hybridized carbons (Fsp3) is 1.00. The predicted molar refractivity (Wildman–Crippen MR) is 53.6 cm³/mol. The van der Waals surface area contributed by atoms with Crippen LogP contribution in [0.5, 0.6) is 0 Å². The Morgan fingerprint density at radius 2 is 1.40 bits per heavy atom. The van der Waals surface area contributed by atoms with Crippen LogP contribution in [0.3, 0.4) is 0 Å². The van der Waals surface area contributed by atoms with Gasteiger partial charge in [-0.1, -0.05) is 13.3 Å². The molecule has 2 atom stereocenters. The summed E-state index contributed by atoms with van der Waals surface area (Å²) in [6, 6.07) is 0. The molecular formula is C9H12F7O3S-. The lowest BCUT2D eigenvalue weighted by Crippen LogP contribution is -2.65. The largest absolute Gasteiger partial charge is 0.745 e. The van der Waals surface area contributed by atoms with Crippen LogP contribution < -0.4 is 0 Å². The molecule has 0 aliphatic rings. The second-order valence-corrected chi connectivity index (χ2v) is 5.92. The highest BCUT2D eigenvalue weighted by Gasteiger charge is 2.78. The van der Waals surface area contributed by atoms with E-state index in [0.717, 1.165) is 0 Å². The Morgan fingerprint density at radius 3 is 1.65 bits per heavy atom. The molecule has 122 valence electrons. The topological polar surface area (TPSA) is 57.2 Å². The summed E-state index contributed by atoms with van der Waals surface area (Å²) >= 11 is 0. The minimum Gasteiger partial charge on any atom is -0.745 e. The van der Waals surface area contributed by atoms with E-state index in [9.17, 15) is 43.7 Å². The zero-order chi connectivity index (χ0) is 16.6. The molecule has 0 amide bonds. The number of alkyl halides is 7. The van der Waals surface area contributed by atoms with Gasteiger partial charge in [0, 0.05) is 6.42 Å². The van der Waals surface area contributed by atoms with Gasteiger partial charge in [0.2, 0.25) is 0 Å². The van der Waals surface area contributed by atoms with Gasteiger partial charge in [-0.25, -0.2) is 17.2 Å². The Labute approximate surface area is 110 Å². The summed E-state index contributed by atoms with van der Waals surface area (Å²) in [6.45, 7) is 0.576. The second-order valence-electron chi connectivity index (χ2n) is 4.36. The van der Waals surface area contributed by atoms with Crippen molar-refractivity contribution >= 4 is 10.1 Å². The van der Waals surface area contributed by atoms with Crippen LogP contribution in [-0.2, 0) is 10.1 Å². The monoisotopic (exact) mass is 333 g/mol. The Kier molecular flexibility index (Phi) is 5.16. The van der Waals surface area contributed by atoms with E-state index >= 15 is 0 Å². The lowest BCUT2D eigenvalue weighted by molar-refractivity contribution is -0.315. The van der Waals surface area contributed by atoms with Gasteiger partial charge in [0.05, 0.1) is 0 Å². The minimum absolute atomic E-state index is 0.0910. The van der Waals surface area contributed by atoms with Crippen molar-refractivity contribution in [2.24, 2.45) is 0 Å². The molecule has 3 nitrogen and oxygen atoms in total. The third-order valence-electron chi connectivity index (χ3n) is 2.84. The van der Waals surface area contributed by atoms with Crippen molar-refractivity contribution in [2.75, 3.05) is 0 Å². The zero-order valence-corrected chi connectivity index (χ0v) is 11.2. The fourth-order valence-electron chi connectivity index (χ4n) is 1.37. The van der Waals surface area contributed by atoms with Crippen molar-refractivity contribution in [2.45, 2.75) is 55.9 Å². The van der Waals surface area contributed by atoms with Crippen LogP contribution in [0.2, 0.25) is 0 Å². The molecule has 0 aliphatic carbocycles. The Balaban J connectivity index is 6.06. The van der Waals surface area contributed by atoms with E-state index in [1.807, 2.05) is 0 Å². The van der Waals surface area contributed by atoms with E-state index in [0.29, 0.717) is 0 Å². The van der Waals surface area contributed by atoms with E-state index in [4.69, 9.17) is 0 Å². The van der Waals surface area contributed by atoms with E-state index in [1.165, 1.54) is 6.92 Å². The molecule has 0 spiro atoms. The van der Waals surface area contributed by atoms with E-state index in [2.05, 4.69) is 0 Å². The summed E-state index contributed by atoms with van der Waals surface area (Å²) in [5, 5.41) is -5.19. The van der Waals surface area contributed by atoms with Crippen molar-refractivity contribution in [1.82, 2.24) is 0 Å². The summed E-state index contributed by atoms with van der Waals surface area (Å²) in [4.78, 5) is 0. The van der Waals surface area contributed by atoms with Gasteiger partial charge in [-0.15, -0.1) is 0 Å². The molecule has 11 heteroatoms. The maximum atomic E-state index is 13.9. The molecule has 0 aromatic heterocycles. The molecule has 0 rings (SSSR count). The number of rotatable bonds is 6. The average molecular weight is 333 g/mol. The molecule has 0 radical (unpaired) electrons. The van der Waals surface area contributed by atoms with Gasteiger partial charge in [0.1, 0.15) is 10.1 Å². The molecule has 0 aromatic rings. The maximum absolute atomic E-state index is 13.9. The maximum Gasteiger partial charge on any atom is 0.428 e. The predicted octanol–water partition coefficient (Wildman–Crippen LogP) is 3.31. The van der Waals surface area contributed by atoms with Gasteiger partial charge in [0.25, 0.3) is 10.7 Å². The van der Waals surface area contributed by atoms with Crippen LogP contribution in [0.1, 0.15) is 33.1 Å². The first-order valence-corrected chi connectivity index (χ1v) is 6.75. The van der Waals surface area contributed by atoms with Gasteiger partial charge < -0.3 is 4.55 Å². The van der Waals surface area contributed by atoms with E-state index in [1.54, 1.807) is 0 Å². The average Bonchev–Trinajstić information content (AvgIpc) is 2.21. The highest BCUT2D eigenvalue weighted by Crippen LogP contribution is 2.54. The molecule has 2 unspecified atom stereocenters. The summed E-state index contributed by atoms with van der Waals surface area (Å²) in [6.07, 6.45) is -8.73. The second kappa shape index (κ2) is 5.32. The molecular weight excluding hydrogens is 321 g/mol. The number of hydrogen-bond acceptors (Lipinski definition) is 3. The summed E-state index contributed by atoms with van der Waals surface area (Å²) in [5.41, 5.74) is -5.51. The first-order chi connectivity index (χ1) is 8.56. The third-order valence-corrected chi connectivity index (χ3v) is 4.09.